The lowest BCUT2D eigenvalue weighted by Gasteiger charge is -2.28. The zero-order valence-corrected chi connectivity index (χ0v) is 14.5. The lowest BCUT2D eigenvalue weighted by molar-refractivity contribution is -0.136. The highest BCUT2D eigenvalue weighted by atomic mass is 16.5. The summed E-state index contributed by atoms with van der Waals surface area (Å²) in [7, 11) is 3.47. The highest BCUT2D eigenvalue weighted by molar-refractivity contribution is 5.78. The molecule has 25 heavy (non-hydrogen) atoms. The Hall–Kier alpha value is -2.45. The van der Waals surface area contributed by atoms with E-state index in [2.05, 4.69) is 10.1 Å². The van der Waals surface area contributed by atoms with Gasteiger partial charge in [0.1, 0.15) is 5.75 Å². The lowest BCUT2D eigenvalue weighted by Crippen LogP contribution is -2.44. The Labute approximate surface area is 146 Å². The number of hydrogen-bond donors (Lipinski definition) is 0. The number of hydrogen-bond acceptors (Lipinski definition) is 7. The molecule has 1 saturated heterocycles. The molecular weight excluding hydrogens is 324 g/mol. The van der Waals surface area contributed by atoms with Crippen molar-refractivity contribution in [3.8, 4) is 17.1 Å². The molecule has 1 amide bonds. The largest absolute Gasteiger partial charge is 0.497 e. The van der Waals surface area contributed by atoms with Gasteiger partial charge in [-0.25, -0.2) is 0 Å². The summed E-state index contributed by atoms with van der Waals surface area (Å²) in [5.41, 5.74) is 0.821. The van der Waals surface area contributed by atoms with Crippen LogP contribution in [-0.4, -0.2) is 72.9 Å². The Kier molecular flexibility index (Phi) is 5.62. The van der Waals surface area contributed by atoms with Gasteiger partial charge in [0.05, 0.1) is 33.4 Å². The molecule has 8 nitrogen and oxygen atoms in total. The maximum atomic E-state index is 12.2. The number of carbonyl (C=O) groups excluding carboxylic acids is 1. The highest BCUT2D eigenvalue weighted by Crippen LogP contribution is 2.21. The van der Waals surface area contributed by atoms with Crippen molar-refractivity contribution in [2.75, 3.05) is 47.0 Å². The van der Waals surface area contributed by atoms with Crippen LogP contribution in [0.4, 0.5) is 0 Å². The lowest BCUT2D eigenvalue weighted by atomic mass is 10.2. The van der Waals surface area contributed by atoms with Gasteiger partial charge in [-0.2, -0.15) is 4.98 Å². The standard InChI is InChI=1S/C17H22N4O4/c1-20(12-16(22)21-6-8-24-9-7-21)11-15-18-17(19-25-15)13-4-3-5-14(10-13)23-2/h3-5,10H,6-9,11-12H2,1-2H3. The van der Waals surface area contributed by atoms with Crippen LogP contribution in [0.1, 0.15) is 5.89 Å². The molecule has 0 atom stereocenters. The minimum Gasteiger partial charge on any atom is -0.497 e. The van der Waals surface area contributed by atoms with Gasteiger partial charge in [0.2, 0.25) is 17.6 Å². The SMILES string of the molecule is COc1cccc(-c2noc(CN(C)CC(=O)N3CCOCC3)n2)c1. The Morgan fingerprint density at radius 3 is 2.92 bits per heavy atom. The topological polar surface area (TPSA) is 80.9 Å². The molecule has 0 saturated carbocycles. The monoisotopic (exact) mass is 346 g/mol. The second kappa shape index (κ2) is 8.09. The van der Waals surface area contributed by atoms with Crippen molar-refractivity contribution in [1.82, 2.24) is 19.9 Å². The molecule has 0 unspecified atom stereocenters. The van der Waals surface area contributed by atoms with Gasteiger partial charge in [-0.1, -0.05) is 17.3 Å². The summed E-state index contributed by atoms with van der Waals surface area (Å²) in [6.45, 7) is 3.20. The first kappa shape index (κ1) is 17.4. The van der Waals surface area contributed by atoms with Crippen molar-refractivity contribution in [3.63, 3.8) is 0 Å². The van der Waals surface area contributed by atoms with Crippen LogP contribution in [0.15, 0.2) is 28.8 Å². The van der Waals surface area contributed by atoms with E-state index in [1.165, 1.54) is 0 Å². The third-order valence-electron chi connectivity index (χ3n) is 3.97. The first-order valence-corrected chi connectivity index (χ1v) is 8.17. The summed E-state index contributed by atoms with van der Waals surface area (Å²) >= 11 is 0. The molecule has 8 heteroatoms. The fourth-order valence-corrected chi connectivity index (χ4v) is 2.63. The van der Waals surface area contributed by atoms with Gasteiger partial charge in [0, 0.05) is 18.7 Å². The van der Waals surface area contributed by atoms with Crippen LogP contribution in [0.3, 0.4) is 0 Å². The Morgan fingerprint density at radius 1 is 1.36 bits per heavy atom. The summed E-state index contributed by atoms with van der Waals surface area (Å²) in [6.07, 6.45) is 0. The molecule has 0 N–H and O–H groups in total. The Balaban J connectivity index is 1.57. The molecular formula is C17H22N4O4. The molecule has 0 aliphatic carbocycles. The number of benzene rings is 1. The van der Waals surface area contributed by atoms with E-state index in [0.29, 0.717) is 51.1 Å². The smallest absolute Gasteiger partial charge is 0.241 e. The van der Waals surface area contributed by atoms with Crippen molar-refractivity contribution in [2.24, 2.45) is 0 Å². The van der Waals surface area contributed by atoms with E-state index in [4.69, 9.17) is 14.0 Å². The zero-order chi connectivity index (χ0) is 17.6. The molecule has 1 aromatic carbocycles. The van der Waals surface area contributed by atoms with Crippen molar-refractivity contribution in [2.45, 2.75) is 6.54 Å². The van der Waals surface area contributed by atoms with E-state index >= 15 is 0 Å². The quantitative estimate of drug-likeness (QED) is 0.773. The number of nitrogens with zero attached hydrogens (tertiary/aromatic N) is 4. The number of amides is 1. The molecule has 0 spiro atoms. The average molecular weight is 346 g/mol. The van der Waals surface area contributed by atoms with Crippen molar-refractivity contribution >= 4 is 5.91 Å². The molecule has 1 aliphatic rings. The number of methoxy groups -OCH3 is 1. The van der Waals surface area contributed by atoms with E-state index in [-0.39, 0.29) is 5.91 Å². The van der Waals surface area contributed by atoms with Gasteiger partial charge in [0.15, 0.2) is 0 Å². The number of rotatable bonds is 6. The predicted molar refractivity (Wildman–Crippen MR) is 90.0 cm³/mol. The van der Waals surface area contributed by atoms with Crippen molar-refractivity contribution in [3.05, 3.63) is 30.2 Å². The summed E-state index contributed by atoms with van der Waals surface area (Å²) in [6, 6.07) is 7.47. The summed E-state index contributed by atoms with van der Waals surface area (Å²) in [5, 5.41) is 4.00. The molecule has 1 fully saturated rings. The third-order valence-corrected chi connectivity index (χ3v) is 3.97. The second-order valence-corrected chi connectivity index (χ2v) is 5.91. The molecule has 2 heterocycles. The van der Waals surface area contributed by atoms with Gasteiger partial charge >= 0.3 is 0 Å². The van der Waals surface area contributed by atoms with Gasteiger partial charge in [0.25, 0.3) is 0 Å². The van der Waals surface area contributed by atoms with E-state index < -0.39 is 0 Å². The van der Waals surface area contributed by atoms with Gasteiger partial charge in [-0.15, -0.1) is 0 Å². The summed E-state index contributed by atoms with van der Waals surface area (Å²) in [4.78, 5) is 20.3. The third kappa shape index (κ3) is 4.55. The van der Waals surface area contributed by atoms with Crippen LogP contribution in [-0.2, 0) is 16.1 Å². The van der Waals surface area contributed by atoms with Gasteiger partial charge in [-0.3, -0.25) is 9.69 Å². The van der Waals surface area contributed by atoms with Crippen molar-refractivity contribution in [1.29, 1.82) is 0 Å². The second-order valence-electron chi connectivity index (χ2n) is 5.91. The molecule has 0 bridgehead atoms. The first-order valence-electron chi connectivity index (χ1n) is 8.17. The van der Waals surface area contributed by atoms with Crippen LogP contribution in [0.25, 0.3) is 11.4 Å². The molecule has 1 aliphatic heterocycles. The molecule has 3 rings (SSSR count). The fourth-order valence-electron chi connectivity index (χ4n) is 2.63. The summed E-state index contributed by atoms with van der Waals surface area (Å²) in [5.74, 6) is 1.78. The average Bonchev–Trinajstić information content (AvgIpc) is 3.10. The molecule has 134 valence electrons. The molecule has 0 radical (unpaired) electrons. The predicted octanol–water partition coefficient (Wildman–Crippen LogP) is 1.04. The van der Waals surface area contributed by atoms with E-state index in [1.807, 2.05) is 41.1 Å². The van der Waals surface area contributed by atoms with Gasteiger partial charge in [-0.05, 0) is 19.2 Å². The first-order chi connectivity index (χ1) is 12.2. The van der Waals surface area contributed by atoms with Crippen LogP contribution >= 0.6 is 0 Å². The van der Waals surface area contributed by atoms with Crippen LogP contribution in [0.5, 0.6) is 5.75 Å². The van der Waals surface area contributed by atoms with E-state index in [0.717, 1.165) is 11.3 Å². The Morgan fingerprint density at radius 2 is 2.16 bits per heavy atom. The Bertz CT molecular complexity index is 712. The highest BCUT2D eigenvalue weighted by Gasteiger charge is 2.19. The summed E-state index contributed by atoms with van der Waals surface area (Å²) < 4.78 is 15.8. The minimum absolute atomic E-state index is 0.0818. The normalized spacial score (nSPS) is 14.8. The van der Waals surface area contributed by atoms with E-state index in [9.17, 15) is 4.79 Å². The number of ether oxygens (including phenoxy) is 2. The van der Waals surface area contributed by atoms with Crippen molar-refractivity contribution < 1.29 is 18.8 Å². The zero-order valence-electron chi connectivity index (χ0n) is 14.5. The van der Waals surface area contributed by atoms with Crippen LogP contribution in [0, 0.1) is 0 Å². The number of aromatic nitrogens is 2. The molecule has 1 aromatic heterocycles. The number of morpholine rings is 1. The van der Waals surface area contributed by atoms with Gasteiger partial charge < -0.3 is 18.9 Å². The number of likely N-dealkylation sites (N-methyl/N-ethyl adjacent to an activating group) is 1. The van der Waals surface area contributed by atoms with E-state index in [1.54, 1.807) is 7.11 Å². The maximum Gasteiger partial charge on any atom is 0.241 e. The number of carbonyl (C=O) groups is 1. The minimum atomic E-state index is 0.0818. The maximum absolute atomic E-state index is 12.2. The van der Waals surface area contributed by atoms with Crippen LogP contribution in [0.2, 0.25) is 0 Å². The fraction of sp³-hybridized carbons (Fsp3) is 0.471. The molecule has 2 aromatic rings. The van der Waals surface area contributed by atoms with Crippen LogP contribution < -0.4 is 4.74 Å².